The summed E-state index contributed by atoms with van der Waals surface area (Å²) in [6, 6.07) is 8.70. The summed E-state index contributed by atoms with van der Waals surface area (Å²) in [5.41, 5.74) is 1.96. The molecule has 164 valence electrons. The average Bonchev–Trinajstić information content (AvgIpc) is 2.84. The van der Waals surface area contributed by atoms with Crippen LogP contribution < -0.4 is 11.2 Å². The van der Waals surface area contributed by atoms with E-state index in [0.717, 1.165) is 0 Å². The Labute approximate surface area is 187 Å². The molecule has 1 aliphatic rings. The van der Waals surface area contributed by atoms with E-state index in [1.54, 1.807) is 39.9 Å². The SMILES string of the molecule is CC(=O)N1CCC(n2c(=O)[nH]c(=O)c3cnc4ccc(-c5ccc(C#N)nc5)nc4c32)CC1. The number of carbonyl (C=O) groups excluding carboxylic acids is 1. The number of piperidine rings is 1. The Hall–Kier alpha value is -4.39. The van der Waals surface area contributed by atoms with Crippen LogP contribution in [0.5, 0.6) is 0 Å². The Morgan fingerprint density at radius 3 is 2.58 bits per heavy atom. The Kier molecular flexibility index (Phi) is 4.94. The van der Waals surface area contributed by atoms with E-state index < -0.39 is 11.2 Å². The number of likely N-dealkylation sites (tertiary alicyclic amines) is 1. The molecule has 0 aliphatic carbocycles. The number of fused-ring (bicyclic) bond motifs is 3. The van der Waals surface area contributed by atoms with Crippen molar-refractivity contribution in [3.05, 3.63) is 63.2 Å². The van der Waals surface area contributed by atoms with Gasteiger partial charge in [0.1, 0.15) is 17.3 Å². The maximum Gasteiger partial charge on any atom is 0.329 e. The number of rotatable bonds is 2. The molecule has 33 heavy (non-hydrogen) atoms. The van der Waals surface area contributed by atoms with E-state index in [1.807, 2.05) is 6.07 Å². The molecule has 0 radical (unpaired) electrons. The van der Waals surface area contributed by atoms with Crippen LogP contribution in [-0.2, 0) is 4.79 Å². The fourth-order valence-corrected chi connectivity index (χ4v) is 4.35. The lowest BCUT2D eigenvalue weighted by Crippen LogP contribution is -2.41. The summed E-state index contributed by atoms with van der Waals surface area (Å²) in [5, 5.41) is 9.27. The van der Waals surface area contributed by atoms with E-state index in [0.29, 0.717) is 59.4 Å². The van der Waals surface area contributed by atoms with Gasteiger partial charge < -0.3 is 4.90 Å². The summed E-state index contributed by atoms with van der Waals surface area (Å²) in [6.45, 7) is 2.60. The zero-order valence-corrected chi connectivity index (χ0v) is 17.8. The summed E-state index contributed by atoms with van der Waals surface area (Å²) >= 11 is 0. The Bertz CT molecular complexity index is 1560. The van der Waals surface area contributed by atoms with Crippen LogP contribution in [0.3, 0.4) is 0 Å². The molecule has 5 heterocycles. The molecule has 1 amide bonds. The molecule has 1 aliphatic heterocycles. The summed E-state index contributed by atoms with van der Waals surface area (Å²) in [6.07, 6.45) is 4.19. The number of pyridine rings is 3. The molecule has 10 heteroatoms. The van der Waals surface area contributed by atoms with Gasteiger partial charge in [0.25, 0.3) is 5.56 Å². The van der Waals surface area contributed by atoms with Crippen molar-refractivity contribution in [2.24, 2.45) is 0 Å². The van der Waals surface area contributed by atoms with Gasteiger partial charge in [-0.25, -0.2) is 14.8 Å². The summed E-state index contributed by atoms with van der Waals surface area (Å²) in [7, 11) is 0. The minimum atomic E-state index is -0.519. The van der Waals surface area contributed by atoms with Crippen LogP contribution in [-0.4, -0.2) is 48.4 Å². The van der Waals surface area contributed by atoms with Crippen LogP contribution in [0, 0.1) is 11.3 Å². The quantitative estimate of drug-likeness (QED) is 0.468. The van der Waals surface area contributed by atoms with E-state index in [4.69, 9.17) is 10.2 Å². The molecule has 1 N–H and O–H groups in total. The Balaban J connectivity index is 1.72. The first-order valence-corrected chi connectivity index (χ1v) is 10.5. The second-order valence-corrected chi connectivity index (χ2v) is 8.00. The number of hydrogen-bond donors (Lipinski definition) is 1. The molecule has 0 spiro atoms. The number of aromatic nitrogens is 5. The van der Waals surface area contributed by atoms with Crippen LogP contribution in [0.4, 0.5) is 0 Å². The van der Waals surface area contributed by atoms with E-state index >= 15 is 0 Å². The lowest BCUT2D eigenvalue weighted by molar-refractivity contribution is -0.130. The highest BCUT2D eigenvalue weighted by molar-refractivity contribution is 6.01. The average molecular weight is 441 g/mol. The maximum absolute atomic E-state index is 13.0. The molecular weight excluding hydrogens is 422 g/mol. The second kappa shape index (κ2) is 7.94. The summed E-state index contributed by atoms with van der Waals surface area (Å²) in [4.78, 5) is 54.7. The molecule has 10 nitrogen and oxygen atoms in total. The topological polar surface area (TPSA) is 138 Å². The highest BCUT2D eigenvalue weighted by Gasteiger charge is 2.26. The normalized spacial score (nSPS) is 14.5. The van der Waals surface area contributed by atoms with Crippen molar-refractivity contribution in [3.63, 3.8) is 0 Å². The van der Waals surface area contributed by atoms with Gasteiger partial charge in [0.15, 0.2) is 0 Å². The smallest absolute Gasteiger partial charge is 0.329 e. The molecular formula is C23H19N7O3. The summed E-state index contributed by atoms with van der Waals surface area (Å²) in [5.74, 6) is 0.00380. The molecule has 0 bridgehead atoms. The standard InChI is InChI=1S/C23H19N7O3/c1-13(31)29-8-6-16(7-9-29)30-21-17(22(32)28-23(30)33)12-26-19-5-4-18(27-20(19)21)14-2-3-15(10-24)25-11-14/h2-5,11-12,16H,6-9H2,1H3,(H,28,32,33). The van der Waals surface area contributed by atoms with Crippen LogP contribution in [0.2, 0.25) is 0 Å². The third-order valence-corrected chi connectivity index (χ3v) is 6.06. The van der Waals surface area contributed by atoms with Gasteiger partial charge in [-0.2, -0.15) is 5.26 Å². The van der Waals surface area contributed by atoms with Gasteiger partial charge in [-0.3, -0.25) is 24.1 Å². The summed E-state index contributed by atoms with van der Waals surface area (Å²) < 4.78 is 1.59. The van der Waals surface area contributed by atoms with Gasteiger partial charge in [0.2, 0.25) is 5.91 Å². The van der Waals surface area contributed by atoms with Gasteiger partial charge in [-0.15, -0.1) is 0 Å². The van der Waals surface area contributed by atoms with Gasteiger partial charge in [-0.1, -0.05) is 0 Å². The van der Waals surface area contributed by atoms with Crippen molar-refractivity contribution in [2.75, 3.05) is 13.1 Å². The van der Waals surface area contributed by atoms with Crippen molar-refractivity contribution < 1.29 is 4.79 Å². The van der Waals surface area contributed by atoms with E-state index in [1.165, 1.54) is 13.1 Å². The minimum Gasteiger partial charge on any atom is -0.343 e. The van der Waals surface area contributed by atoms with Gasteiger partial charge in [0.05, 0.1) is 22.1 Å². The van der Waals surface area contributed by atoms with E-state index in [2.05, 4.69) is 15.0 Å². The monoisotopic (exact) mass is 441 g/mol. The highest BCUT2D eigenvalue weighted by atomic mass is 16.2. The fourth-order valence-electron chi connectivity index (χ4n) is 4.35. The number of nitriles is 1. The number of nitrogens with zero attached hydrogens (tertiary/aromatic N) is 6. The van der Waals surface area contributed by atoms with Crippen molar-refractivity contribution in [1.29, 1.82) is 5.26 Å². The number of H-pyrrole nitrogens is 1. The lowest BCUT2D eigenvalue weighted by Gasteiger charge is -2.32. The number of carbonyl (C=O) groups is 1. The van der Waals surface area contributed by atoms with Gasteiger partial charge >= 0.3 is 5.69 Å². The van der Waals surface area contributed by atoms with Crippen LogP contribution in [0.25, 0.3) is 33.2 Å². The molecule has 0 saturated carbocycles. The molecule has 0 atom stereocenters. The van der Waals surface area contributed by atoms with Gasteiger partial charge in [0, 0.05) is 44.0 Å². The van der Waals surface area contributed by atoms with E-state index in [-0.39, 0.29) is 17.3 Å². The first-order chi connectivity index (χ1) is 16.0. The molecule has 4 aromatic heterocycles. The molecule has 0 unspecified atom stereocenters. The molecule has 0 aromatic carbocycles. The van der Waals surface area contributed by atoms with Crippen molar-refractivity contribution in [3.8, 4) is 17.3 Å². The molecule has 5 rings (SSSR count). The van der Waals surface area contributed by atoms with E-state index in [9.17, 15) is 14.4 Å². The van der Waals surface area contributed by atoms with Crippen molar-refractivity contribution in [2.45, 2.75) is 25.8 Å². The van der Waals surface area contributed by atoms with Crippen LogP contribution >= 0.6 is 0 Å². The predicted molar refractivity (Wildman–Crippen MR) is 120 cm³/mol. The number of aromatic amines is 1. The lowest BCUT2D eigenvalue weighted by atomic mass is 10.0. The van der Waals surface area contributed by atoms with Crippen molar-refractivity contribution in [1.82, 2.24) is 29.4 Å². The fraction of sp³-hybridized carbons (Fsp3) is 0.261. The first kappa shape index (κ1) is 20.5. The third kappa shape index (κ3) is 3.53. The zero-order valence-electron chi connectivity index (χ0n) is 17.8. The molecule has 1 saturated heterocycles. The Morgan fingerprint density at radius 2 is 1.91 bits per heavy atom. The Morgan fingerprint density at radius 1 is 1.12 bits per heavy atom. The number of nitrogens with one attached hydrogen (secondary N) is 1. The number of amides is 1. The zero-order chi connectivity index (χ0) is 23.1. The minimum absolute atomic E-state index is 0.00380. The molecule has 1 fully saturated rings. The molecule has 4 aromatic rings. The van der Waals surface area contributed by atoms with Crippen LogP contribution in [0.15, 0.2) is 46.2 Å². The highest BCUT2D eigenvalue weighted by Crippen LogP contribution is 2.28. The number of hydrogen-bond acceptors (Lipinski definition) is 7. The maximum atomic E-state index is 13.0. The van der Waals surface area contributed by atoms with Crippen molar-refractivity contribution >= 4 is 27.8 Å². The largest absolute Gasteiger partial charge is 0.343 e. The predicted octanol–water partition coefficient (Wildman–Crippen LogP) is 1.75. The second-order valence-electron chi connectivity index (χ2n) is 8.00. The first-order valence-electron chi connectivity index (χ1n) is 10.5. The van der Waals surface area contributed by atoms with Crippen LogP contribution in [0.1, 0.15) is 31.5 Å². The third-order valence-electron chi connectivity index (χ3n) is 6.06. The van der Waals surface area contributed by atoms with Gasteiger partial charge in [-0.05, 0) is 37.1 Å².